The lowest BCUT2D eigenvalue weighted by Gasteiger charge is -2.40. The summed E-state index contributed by atoms with van der Waals surface area (Å²) in [6, 6.07) is 7.64. The van der Waals surface area contributed by atoms with Crippen molar-refractivity contribution in [1.82, 2.24) is 15.0 Å². The highest BCUT2D eigenvalue weighted by Crippen LogP contribution is 2.41. The van der Waals surface area contributed by atoms with Crippen LogP contribution in [0.5, 0.6) is 0 Å². The lowest BCUT2D eigenvalue weighted by molar-refractivity contribution is -0.140. The van der Waals surface area contributed by atoms with Crippen LogP contribution in [-0.2, 0) is 15.1 Å². The minimum Gasteiger partial charge on any atom is -0.469 e. The molecule has 1 aromatic heterocycles. The van der Waals surface area contributed by atoms with Gasteiger partial charge in [-0.15, -0.1) is 0 Å². The summed E-state index contributed by atoms with van der Waals surface area (Å²) < 4.78 is 4.77. The monoisotopic (exact) mass is 369 g/mol. The zero-order valence-corrected chi connectivity index (χ0v) is 16.6. The summed E-state index contributed by atoms with van der Waals surface area (Å²) in [5.74, 6) is -0.252. The van der Waals surface area contributed by atoms with Gasteiger partial charge in [0.05, 0.1) is 7.11 Å². The third-order valence-corrected chi connectivity index (χ3v) is 5.10. The van der Waals surface area contributed by atoms with Gasteiger partial charge in [-0.1, -0.05) is 39.0 Å². The molecule has 2 atom stereocenters. The normalized spacial score (nSPS) is 23.1. The quantitative estimate of drug-likeness (QED) is 0.836. The molecule has 0 aliphatic heterocycles. The smallest absolute Gasteiger partial charge is 0.305 e. The van der Waals surface area contributed by atoms with Crippen LogP contribution in [0.4, 0.5) is 0 Å². The van der Waals surface area contributed by atoms with Crippen molar-refractivity contribution in [2.24, 2.45) is 5.41 Å². The summed E-state index contributed by atoms with van der Waals surface area (Å²) in [6.45, 7) is 8.13. The molecule has 1 aliphatic rings. The maximum Gasteiger partial charge on any atom is 0.305 e. The standard InChI is InChI=1S/C21H27N3O3/c1-20(2,3)15-12-14(10-11-18(25)27-5)13-21(4,19(15)26)24-22-16-8-6-7-9-17(16)23-24/h6-9,12-13,19,26H,10-11H2,1-5H3. The molecule has 27 heavy (non-hydrogen) atoms. The maximum absolute atomic E-state index is 11.6. The first-order valence-electron chi connectivity index (χ1n) is 9.16. The van der Waals surface area contributed by atoms with Crippen LogP contribution in [0.1, 0.15) is 40.5 Å². The van der Waals surface area contributed by atoms with E-state index in [1.165, 1.54) is 7.11 Å². The van der Waals surface area contributed by atoms with Gasteiger partial charge < -0.3 is 9.84 Å². The van der Waals surface area contributed by atoms with Crippen LogP contribution in [0.2, 0.25) is 0 Å². The number of aliphatic hydroxyl groups is 1. The Labute approximate surface area is 159 Å². The van der Waals surface area contributed by atoms with E-state index in [9.17, 15) is 9.90 Å². The predicted molar refractivity (Wildman–Crippen MR) is 104 cm³/mol. The number of benzene rings is 1. The minimum absolute atomic E-state index is 0.238. The Morgan fingerprint density at radius 3 is 2.37 bits per heavy atom. The summed E-state index contributed by atoms with van der Waals surface area (Å²) in [5.41, 5.74) is 2.35. The summed E-state index contributed by atoms with van der Waals surface area (Å²) in [4.78, 5) is 13.2. The molecule has 0 amide bonds. The second-order valence-electron chi connectivity index (χ2n) is 8.25. The van der Waals surface area contributed by atoms with Crippen LogP contribution in [0.3, 0.4) is 0 Å². The number of aromatic nitrogens is 3. The van der Waals surface area contributed by atoms with E-state index < -0.39 is 11.6 Å². The Kier molecular flexibility index (Phi) is 4.95. The molecule has 0 bridgehead atoms. The Balaban J connectivity index is 2.06. The number of hydrogen-bond acceptors (Lipinski definition) is 5. The lowest BCUT2D eigenvalue weighted by Crippen LogP contribution is -2.47. The Bertz CT molecular complexity index is 887. The van der Waals surface area contributed by atoms with Gasteiger partial charge in [-0.3, -0.25) is 4.79 Å². The van der Waals surface area contributed by atoms with E-state index in [-0.39, 0.29) is 17.8 Å². The second-order valence-corrected chi connectivity index (χ2v) is 8.25. The van der Waals surface area contributed by atoms with Gasteiger partial charge in [0.25, 0.3) is 0 Å². The number of ether oxygens (including phenoxy) is 1. The fourth-order valence-electron chi connectivity index (χ4n) is 3.45. The first-order chi connectivity index (χ1) is 12.6. The van der Waals surface area contributed by atoms with Crippen LogP contribution >= 0.6 is 0 Å². The van der Waals surface area contributed by atoms with Crippen LogP contribution < -0.4 is 0 Å². The fourth-order valence-corrected chi connectivity index (χ4v) is 3.45. The summed E-state index contributed by atoms with van der Waals surface area (Å²) >= 11 is 0. The molecule has 6 heteroatoms. The molecule has 1 N–H and O–H groups in total. The summed E-state index contributed by atoms with van der Waals surface area (Å²) in [5, 5.41) is 20.4. The van der Waals surface area contributed by atoms with Crippen LogP contribution in [0.25, 0.3) is 11.0 Å². The molecule has 0 saturated carbocycles. The van der Waals surface area contributed by atoms with Gasteiger partial charge in [0.2, 0.25) is 0 Å². The highest BCUT2D eigenvalue weighted by atomic mass is 16.5. The highest BCUT2D eigenvalue weighted by Gasteiger charge is 2.43. The minimum atomic E-state index is -0.845. The highest BCUT2D eigenvalue weighted by molar-refractivity contribution is 5.73. The molecule has 0 radical (unpaired) electrons. The fraction of sp³-hybridized carbons (Fsp3) is 0.476. The summed E-state index contributed by atoms with van der Waals surface area (Å²) in [7, 11) is 1.39. The van der Waals surface area contributed by atoms with E-state index in [1.807, 2.05) is 43.3 Å². The number of esters is 1. The lowest BCUT2D eigenvalue weighted by atomic mass is 9.72. The van der Waals surface area contributed by atoms with Crippen molar-refractivity contribution in [1.29, 1.82) is 0 Å². The van der Waals surface area contributed by atoms with Crippen LogP contribution in [-0.4, -0.2) is 39.3 Å². The van der Waals surface area contributed by atoms with Gasteiger partial charge in [-0.05, 0) is 48.1 Å². The van der Waals surface area contributed by atoms with Crippen molar-refractivity contribution in [2.45, 2.75) is 52.2 Å². The second kappa shape index (κ2) is 6.93. The first kappa shape index (κ1) is 19.3. The van der Waals surface area contributed by atoms with Crippen LogP contribution in [0.15, 0.2) is 47.6 Å². The Hall–Kier alpha value is -2.47. The van der Waals surface area contributed by atoms with E-state index in [1.54, 1.807) is 4.80 Å². The predicted octanol–water partition coefficient (Wildman–Crippen LogP) is 3.37. The van der Waals surface area contributed by atoms with Gasteiger partial charge in [-0.25, -0.2) is 0 Å². The molecule has 0 saturated heterocycles. The zero-order chi connectivity index (χ0) is 19.8. The molecule has 1 aromatic carbocycles. The largest absolute Gasteiger partial charge is 0.469 e. The van der Waals surface area contributed by atoms with Gasteiger partial charge in [0.15, 0.2) is 0 Å². The third kappa shape index (κ3) is 3.67. The first-order valence-corrected chi connectivity index (χ1v) is 9.16. The van der Waals surface area contributed by atoms with Crippen molar-refractivity contribution in [3.05, 3.63) is 47.6 Å². The van der Waals surface area contributed by atoms with Crippen LogP contribution in [0, 0.1) is 5.41 Å². The molecule has 144 valence electrons. The van der Waals surface area contributed by atoms with E-state index in [4.69, 9.17) is 4.74 Å². The van der Waals surface area contributed by atoms with Crippen molar-refractivity contribution in [3.63, 3.8) is 0 Å². The molecule has 1 aliphatic carbocycles. The number of rotatable bonds is 4. The van der Waals surface area contributed by atoms with E-state index in [2.05, 4.69) is 31.0 Å². The van der Waals surface area contributed by atoms with Gasteiger partial charge in [-0.2, -0.15) is 15.0 Å². The number of carbonyl (C=O) groups excluding carboxylic acids is 1. The molecular weight excluding hydrogens is 342 g/mol. The van der Waals surface area contributed by atoms with Crippen molar-refractivity contribution >= 4 is 17.0 Å². The van der Waals surface area contributed by atoms with Gasteiger partial charge in [0.1, 0.15) is 22.7 Å². The molecule has 6 nitrogen and oxygen atoms in total. The molecule has 2 unspecified atom stereocenters. The number of aliphatic hydroxyl groups excluding tert-OH is 1. The van der Waals surface area contributed by atoms with E-state index in [0.29, 0.717) is 6.42 Å². The number of hydrogen-bond donors (Lipinski definition) is 1. The van der Waals surface area contributed by atoms with Crippen molar-refractivity contribution < 1.29 is 14.6 Å². The average Bonchev–Trinajstić information content (AvgIpc) is 3.06. The average molecular weight is 369 g/mol. The molecule has 0 fully saturated rings. The molecule has 0 spiro atoms. The van der Waals surface area contributed by atoms with E-state index >= 15 is 0 Å². The molecular formula is C21H27N3O3. The molecule has 2 aromatic rings. The number of carbonyl (C=O) groups is 1. The maximum atomic E-state index is 11.6. The number of allylic oxidation sites excluding steroid dienone is 2. The van der Waals surface area contributed by atoms with Crippen molar-refractivity contribution in [3.8, 4) is 0 Å². The Morgan fingerprint density at radius 2 is 1.85 bits per heavy atom. The topological polar surface area (TPSA) is 77.2 Å². The molecule has 1 heterocycles. The SMILES string of the molecule is COC(=O)CCC1=CC(C)(n2nc3ccccc3n2)C(O)C(C(C)(C)C)=C1. The van der Waals surface area contributed by atoms with Gasteiger partial charge >= 0.3 is 5.97 Å². The number of fused-ring (bicyclic) bond motifs is 1. The van der Waals surface area contributed by atoms with E-state index in [0.717, 1.165) is 22.2 Å². The molecule has 3 rings (SSSR count). The zero-order valence-electron chi connectivity index (χ0n) is 16.6. The van der Waals surface area contributed by atoms with Gasteiger partial charge in [0, 0.05) is 6.42 Å². The summed E-state index contributed by atoms with van der Waals surface area (Å²) in [6.07, 6.45) is 4.01. The number of methoxy groups -OCH3 is 1. The number of nitrogens with zero attached hydrogens (tertiary/aromatic N) is 3. The van der Waals surface area contributed by atoms with Crippen molar-refractivity contribution in [2.75, 3.05) is 7.11 Å². The third-order valence-electron chi connectivity index (χ3n) is 5.10. The Morgan fingerprint density at radius 1 is 1.26 bits per heavy atom.